The summed E-state index contributed by atoms with van der Waals surface area (Å²) >= 11 is 0. The summed E-state index contributed by atoms with van der Waals surface area (Å²) in [5.74, 6) is 0. The Kier molecular flexibility index (Phi) is 18.4. The lowest BCUT2D eigenvalue weighted by atomic mass is 10.0. The molecule has 7 rings (SSSR count). The molecule has 0 spiro atoms. The maximum atomic E-state index is 6.47. The van der Waals surface area contributed by atoms with E-state index in [1.807, 2.05) is 12.5 Å². The third kappa shape index (κ3) is 11.5. The highest BCUT2D eigenvalue weighted by Gasteiger charge is 2.36. The number of furan rings is 2. The third-order valence-electron chi connectivity index (χ3n) is 14.3. The van der Waals surface area contributed by atoms with Gasteiger partial charge in [-0.25, -0.2) is 0 Å². The second-order valence-corrected chi connectivity index (χ2v) is 31.7. The Bertz CT molecular complexity index is 2450. The van der Waals surface area contributed by atoms with Crippen molar-refractivity contribution in [1.29, 1.82) is 0 Å². The largest absolute Gasteiger partial charge is 0.464 e. The van der Waals surface area contributed by atoms with Crippen molar-refractivity contribution >= 4 is 86.9 Å². The van der Waals surface area contributed by atoms with Gasteiger partial charge in [0.05, 0.1) is 42.4 Å². The zero-order chi connectivity index (χ0) is 45.5. The van der Waals surface area contributed by atoms with Crippen LogP contribution in [0.4, 0.5) is 5.69 Å². The van der Waals surface area contributed by atoms with Gasteiger partial charge >= 0.3 is 0 Å². The lowest BCUT2D eigenvalue weighted by molar-refractivity contribution is 0.616. The fourth-order valence-corrected chi connectivity index (χ4v) is 26.1. The molecule has 2 aromatic heterocycles. The summed E-state index contributed by atoms with van der Waals surface area (Å²) in [6.07, 6.45) is 19.3. The fourth-order valence-electron chi connectivity index (χ4n) is 10.5. The Balaban J connectivity index is 1.44. The Labute approximate surface area is 397 Å². The number of benzene rings is 5. The molecule has 65 heavy (non-hydrogen) atoms. The lowest BCUT2D eigenvalue weighted by Gasteiger charge is -2.37. The molecule has 0 bridgehead atoms. The predicted molar refractivity (Wildman–Crippen MR) is 296 cm³/mol. The molecular formula is C58H77NO2P2Si2. The molecule has 0 radical (unpaired) electrons. The summed E-state index contributed by atoms with van der Waals surface area (Å²) in [5, 5.41) is 9.73. The van der Waals surface area contributed by atoms with Crippen molar-refractivity contribution in [3.8, 4) is 11.1 Å². The molecule has 0 saturated heterocycles. The summed E-state index contributed by atoms with van der Waals surface area (Å²) in [4.78, 5) is 0. The van der Waals surface area contributed by atoms with Crippen molar-refractivity contribution in [2.75, 3.05) is 4.44 Å². The van der Waals surface area contributed by atoms with Gasteiger partial charge in [0.2, 0.25) is 0 Å². The van der Waals surface area contributed by atoms with Gasteiger partial charge in [-0.3, -0.25) is 0 Å². The minimum absolute atomic E-state index is 0.339. The van der Waals surface area contributed by atoms with Crippen LogP contribution in [0.1, 0.15) is 119 Å². The van der Waals surface area contributed by atoms with E-state index in [0.717, 1.165) is 27.6 Å². The topological polar surface area (TPSA) is 29.5 Å². The van der Waals surface area contributed by atoms with Crippen molar-refractivity contribution in [3.63, 3.8) is 0 Å². The summed E-state index contributed by atoms with van der Waals surface area (Å²) in [6.45, 7) is 14.3. The molecule has 3 nitrogen and oxygen atoms in total. The highest BCUT2D eigenvalue weighted by molar-refractivity contribution is 7.83. The van der Waals surface area contributed by atoms with E-state index >= 15 is 0 Å². The van der Waals surface area contributed by atoms with Crippen LogP contribution in [-0.4, -0.2) is 16.1 Å². The first-order valence-electron chi connectivity index (χ1n) is 25.5. The zero-order valence-electron chi connectivity index (χ0n) is 40.6. The summed E-state index contributed by atoms with van der Waals surface area (Å²) in [7, 11) is -4.20. The molecule has 2 unspecified atom stereocenters. The van der Waals surface area contributed by atoms with Crippen molar-refractivity contribution < 1.29 is 8.83 Å². The molecule has 2 atom stereocenters. The molecule has 344 valence electrons. The van der Waals surface area contributed by atoms with Gasteiger partial charge in [-0.2, -0.15) is 0 Å². The van der Waals surface area contributed by atoms with Crippen molar-refractivity contribution in [3.05, 3.63) is 134 Å². The van der Waals surface area contributed by atoms with Crippen molar-refractivity contribution in [1.82, 2.24) is 0 Å². The summed E-state index contributed by atoms with van der Waals surface area (Å²) < 4.78 is 15.6. The van der Waals surface area contributed by atoms with Gasteiger partial charge in [-0.05, 0) is 23.8 Å². The molecule has 7 heteroatoms. The van der Waals surface area contributed by atoms with E-state index < -0.39 is 24.2 Å². The van der Waals surface area contributed by atoms with E-state index in [-0.39, 0.29) is 0 Å². The Morgan fingerprint density at radius 3 is 1.48 bits per heavy atom. The smallest absolute Gasteiger partial charge is 0.157 e. The van der Waals surface area contributed by atoms with Gasteiger partial charge in [0.25, 0.3) is 0 Å². The zero-order valence-corrected chi connectivity index (χ0v) is 44.5. The highest BCUT2D eigenvalue weighted by Crippen LogP contribution is 2.52. The van der Waals surface area contributed by atoms with E-state index in [2.05, 4.69) is 167 Å². The normalized spacial score (nSPS) is 12.8. The highest BCUT2D eigenvalue weighted by atomic mass is 31.2. The molecule has 2 heterocycles. The molecule has 5 aromatic carbocycles. The van der Waals surface area contributed by atoms with Crippen molar-refractivity contribution in [2.45, 2.75) is 155 Å². The number of rotatable bonds is 27. The SMILES string of the molecule is CCCC[Si](CCCC)(CCCC)c1ccc(P(c2ccccc2)N(Pc2ccc([Si](CCCC)(CCCC)CCCC)cc2-c2cccc3ccoc23)c2cccc3ccoc23)cc1. The number of hydrogen-bond donors (Lipinski definition) is 0. The predicted octanol–water partition coefficient (Wildman–Crippen LogP) is 16.7. The molecule has 0 amide bonds. The van der Waals surface area contributed by atoms with E-state index in [1.54, 1.807) is 10.4 Å². The van der Waals surface area contributed by atoms with Gasteiger partial charge in [-0.1, -0.05) is 268 Å². The van der Waals surface area contributed by atoms with E-state index in [4.69, 9.17) is 8.83 Å². The van der Waals surface area contributed by atoms with Crippen LogP contribution < -0.4 is 30.7 Å². The Morgan fingerprint density at radius 2 is 0.923 bits per heavy atom. The van der Waals surface area contributed by atoms with E-state index in [1.165, 1.54) is 140 Å². The second kappa shape index (κ2) is 24.3. The quantitative estimate of drug-likeness (QED) is 0.0380. The van der Waals surface area contributed by atoms with E-state index in [0.29, 0.717) is 8.73 Å². The molecule has 7 aromatic rings. The number of unbranched alkanes of at least 4 members (excludes halogenated alkanes) is 6. The van der Waals surface area contributed by atoms with Gasteiger partial charge in [-0.15, -0.1) is 0 Å². The van der Waals surface area contributed by atoms with Crippen LogP contribution in [0.3, 0.4) is 0 Å². The van der Waals surface area contributed by atoms with Crippen LogP contribution >= 0.6 is 16.8 Å². The van der Waals surface area contributed by atoms with Crippen LogP contribution in [0.25, 0.3) is 33.1 Å². The van der Waals surface area contributed by atoms with Gasteiger partial charge in [0.15, 0.2) is 5.58 Å². The van der Waals surface area contributed by atoms with Gasteiger partial charge < -0.3 is 13.3 Å². The molecule has 0 aliphatic rings. The minimum atomic E-state index is -1.83. The Hall–Kier alpha value is -3.73. The first-order chi connectivity index (χ1) is 31.9. The molecule has 0 fully saturated rings. The summed E-state index contributed by atoms with van der Waals surface area (Å²) in [5.41, 5.74) is 5.64. The van der Waals surface area contributed by atoms with Crippen LogP contribution in [0.15, 0.2) is 143 Å². The fraction of sp³-hybridized carbons (Fsp3) is 0.414. The third-order valence-corrected chi connectivity index (χ3v) is 29.5. The number of para-hydroxylation sites is 2. The summed E-state index contributed by atoms with van der Waals surface area (Å²) in [6, 6.07) is 55.5. The lowest BCUT2D eigenvalue weighted by Crippen LogP contribution is -2.48. The minimum Gasteiger partial charge on any atom is -0.464 e. The number of nitrogens with zero attached hydrogens (tertiary/aromatic N) is 1. The number of anilines is 1. The van der Waals surface area contributed by atoms with Crippen LogP contribution in [-0.2, 0) is 0 Å². The maximum absolute atomic E-state index is 6.47. The molecule has 0 aliphatic carbocycles. The van der Waals surface area contributed by atoms with Crippen LogP contribution in [0.2, 0.25) is 36.3 Å². The standard InChI is InChI=1S/C58H77NO2P2Si2/c1-7-13-40-64(41-14-8-2,42-15-9-3)51-32-30-50(31-33-51)63(49-26-20-19-21-27-49)59(55-29-23-25-48-37-39-61-58(48)55)62-56-35-34-52(65(43-16-10-4,44-17-11-5)45-18-12-6)46-54(56)53-28-22-24-47-36-38-60-57(47)53/h19-39,46,62H,7-18,40-45H2,1-6H3. The average molecular weight is 938 g/mol. The first-order valence-corrected chi connectivity index (χ1v) is 33.0. The van der Waals surface area contributed by atoms with Crippen LogP contribution in [0.5, 0.6) is 0 Å². The molecule has 0 aliphatic heterocycles. The van der Waals surface area contributed by atoms with Crippen LogP contribution in [0, 0.1) is 0 Å². The van der Waals surface area contributed by atoms with Gasteiger partial charge in [0.1, 0.15) is 5.58 Å². The first kappa shape index (κ1) is 49.2. The monoisotopic (exact) mass is 937 g/mol. The number of fused-ring (bicyclic) bond motifs is 2. The average Bonchev–Trinajstić information content (AvgIpc) is 4.05. The molecular weight excluding hydrogens is 861 g/mol. The van der Waals surface area contributed by atoms with Crippen molar-refractivity contribution in [2.24, 2.45) is 0 Å². The molecule has 0 N–H and O–H groups in total. The Morgan fingerprint density at radius 1 is 0.446 bits per heavy atom. The van der Waals surface area contributed by atoms with Gasteiger partial charge in [0, 0.05) is 41.0 Å². The second-order valence-electron chi connectivity index (χ2n) is 18.8. The number of hydrogen-bond acceptors (Lipinski definition) is 3. The molecule has 0 saturated carbocycles. The van der Waals surface area contributed by atoms with E-state index in [9.17, 15) is 0 Å². The maximum Gasteiger partial charge on any atom is 0.157 e.